The largest absolute Gasteiger partial charge is 0.458 e. The fraction of sp³-hybridized carbons (Fsp3) is 0.706. The third kappa shape index (κ3) is 7.77. The lowest BCUT2D eigenvalue weighted by molar-refractivity contribution is -0.180. The van der Waals surface area contributed by atoms with E-state index >= 15 is 0 Å². The van der Waals surface area contributed by atoms with Gasteiger partial charge in [-0.3, -0.25) is 0 Å². The van der Waals surface area contributed by atoms with Gasteiger partial charge >= 0.3 is 5.97 Å². The Labute approximate surface area is 265 Å². The van der Waals surface area contributed by atoms with Gasteiger partial charge in [0.05, 0.1) is 30.5 Å². The fourth-order valence-electron chi connectivity index (χ4n) is 7.54. The van der Waals surface area contributed by atoms with Crippen molar-refractivity contribution in [1.82, 2.24) is 4.98 Å². The normalized spacial score (nSPS) is 41.2. The van der Waals surface area contributed by atoms with E-state index in [0.29, 0.717) is 24.7 Å². The third-order valence-electron chi connectivity index (χ3n) is 9.56. The van der Waals surface area contributed by atoms with Gasteiger partial charge in [-0.25, -0.2) is 9.78 Å². The molecular weight excluding hydrogens is 645 g/mol. The Kier molecular flexibility index (Phi) is 10.4. The topological polar surface area (TPSA) is 80.0 Å². The molecule has 0 spiro atoms. The molecule has 232 valence electrons. The molecule has 0 saturated carbocycles. The number of oxazole rings is 1. The van der Waals surface area contributed by atoms with Crippen LogP contribution in [0.15, 0.2) is 38.6 Å². The summed E-state index contributed by atoms with van der Waals surface area (Å²) in [6.45, 7) is 13.2. The zero-order valence-electron chi connectivity index (χ0n) is 26.0. The Morgan fingerprint density at radius 3 is 2.50 bits per heavy atom. The molecule has 42 heavy (non-hydrogen) atoms. The van der Waals surface area contributed by atoms with Crippen LogP contribution in [0.5, 0.6) is 0 Å². The van der Waals surface area contributed by atoms with Crippen LogP contribution in [-0.4, -0.2) is 47.6 Å². The Hall–Kier alpha value is -1.49. The van der Waals surface area contributed by atoms with Gasteiger partial charge in [-0.05, 0) is 78.9 Å². The molecule has 5 rings (SSSR count). The smallest absolute Gasteiger partial charge is 0.330 e. The van der Waals surface area contributed by atoms with E-state index in [1.165, 1.54) is 0 Å². The molecule has 10 atom stereocenters. The Morgan fingerprint density at radius 1 is 0.952 bits per heavy atom. The molecule has 7 nitrogen and oxygen atoms in total. The summed E-state index contributed by atoms with van der Waals surface area (Å²) in [6, 6.07) is 0. The van der Waals surface area contributed by atoms with Crippen LogP contribution in [0, 0.1) is 23.2 Å². The molecule has 1 unspecified atom stereocenters. The second-order valence-electron chi connectivity index (χ2n) is 14.0. The van der Waals surface area contributed by atoms with Crippen LogP contribution in [0.3, 0.4) is 0 Å². The minimum atomic E-state index is -0.301. The van der Waals surface area contributed by atoms with Crippen LogP contribution >= 0.6 is 22.6 Å². The first kappa shape index (κ1) is 31.9. The Bertz CT molecular complexity index is 1170. The summed E-state index contributed by atoms with van der Waals surface area (Å²) in [5, 5.41) is 0. The van der Waals surface area contributed by atoms with E-state index in [9.17, 15) is 4.79 Å². The number of ether oxygens (including phenoxy) is 4. The maximum atomic E-state index is 13.1. The van der Waals surface area contributed by atoms with Crippen LogP contribution in [0.25, 0.3) is 6.08 Å². The van der Waals surface area contributed by atoms with Crippen molar-refractivity contribution in [2.75, 3.05) is 0 Å². The number of fused-ring (bicyclic) bond motifs is 9. The van der Waals surface area contributed by atoms with Gasteiger partial charge in [0.2, 0.25) is 5.89 Å². The van der Waals surface area contributed by atoms with Crippen molar-refractivity contribution < 1.29 is 28.2 Å². The van der Waals surface area contributed by atoms with Gasteiger partial charge in [0.15, 0.2) is 0 Å². The Balaban J connectivity index is 1.42. The molecule has 5 heterocycles. The summed E-state index contributed by atoms with van der Waals surface area (Å²) in [5.74, 6) is 0.849. The first-order valence-electron chi connectivity index (χ1n) is 15.7. The molecule has 0 aromatic carbocycles. The maximum absolute atomic E-state index is 13.1. The average molecular weight is 694 g/mol. The van der Waals surface area contributed by atoms with Crippen molar-refractivity contribution in [3.63, 3.8) is 0 Å². The first-order chi connectivity index (χ1) is 20.0. The van der Waals surface area contributed by atoms with Crippen LogP contribution in [0.2, 0.25) is 0 Å². The second kappa shape index (κ2) is 13.7. The summed E-state index contributed by atoms with van der Waals surface area (Å²) in [6.07, 6.45) is 15.1. The molecule has 1 aromatic heterocycles. The fourth-order valence-corrected chi connectivity index (χ4v) is 7.89. The number of hydrogen-bond acceptors (Lipinski definition) is 7. The SMILES string of the molecule is C/C(=C\I)[C@@H]1O[C@@H]2C/C=C/c3nc(co3)[C@H]3CC(C)C[C@@H](C[C@H]4CC(C)(C)C[C@H](C/C=C\C(=O)O[C@@H]([C@H]2C)[C@H]1C)O4)O3. The lowest BCUT2D eigenvalue weighted by atomic mass is 9.77. The van der Waals surface area contributed by atoms with Crippen molar-refractivity contribution >= 4 is 34.6 Å². The van der Waals surface area contributed by atoms with Crippen molar-refractivity contribution in [3.8, 4) is 0 Å². The first-order valence-corrected chi connectivity index (χ1v) is 17.0. The standard InChI is InChI=1S/C34H48INO6/c1-20-13-25-15-26-17-34(5,6)16-24(39-26)9-7-12-31(37)42-33-22(3)28(41-32(23(33)4)21(2)18-35)10-8-11-30-36-27(19-38-30)29(14-20)40-25/h7-8,11-12,18-20,22-26,28-29,32-33H,9-10,13-17H2,1-6H3/b11-8+,12-7-,21-18+/t20?,22-,23-,24-,25-,26-,28+,29+,32-,33-/m0/s1. The van der Waals surface area contributed by atoms with E-state index < -0.39 is 0 Å². The molecular formula is C34H48INO6. The predicted molar refractivity (Wildman–Crippen MR) is 171 cm³/mol. The quantitative estimate of drug-likeness (QED) is 0.217. The minimum Gasteiger partial charge on any atom is -0.458 e. The minimum absolute atomic E-state index is 0.0202. The van der Waals surface area contributed by atoms with Gasteiger partial charge < -0.3 is 23.4 Å². The van der Waals surface area contributed by atoms with Gasteiger partial charge in [-0.15, -0.1) is 0 Å². The van der Waals surface area contributed by atoms with Crippen molar-refractivity contribution in [1.29, 1.82) is 0 Å². The van der Waals surface area contributed by atoms with Crippen molar-refractivity contribution in [3.05, 3.63) is 45.7 Å². The molecule has 1 aromatic rings. The molecule has 0 radical (unpaired) electrons. The van der Waals surface area contributed by atoms with Crippen LogP contribution in [0.1, 0.15) is 104 Å². The molecule has 8 heteroatoms. The van der Waals surface area contributed by atoms with E-state index in [-0.39, 0.29) is 65.9 Å². The Morgan fingerprint density at radius 2 is 1.71 bits per heavy atom. The molecule has 3 fully saturated rings. The molecule has 0 N–H and O–H groups in total. The lowest BCUT2D eigenvalue weighted by Crippen LogP contribution is -2.50. The van der Waals surface area contributed by atoms with Gasteiger partial charge in [0.1, 0.15) is 24.2 Å². The van der Waals surface area contributed by atoms with Crippen LogP contribution < -0.4 is 0 Å². The number of esters is 1. The molecule has 3 saturated heterocycles. The number of carbonyl (C=O) groups excluding carboxylic acids is 1. The summed E-state index contributed by atoms with van der Waals surface area (Å²) in [5.41, 5.74) is 2.15. The molecule has 4 aliphatic rings. The lowest BCUT2D eigenvalue weighted by Gasteiger charge is -2.44. The number of nitrogens with zero attached hydrogens (tertiary/aromatic N) is 1. The zero-order chi connectivity index (χ0) is 30.0. The van der Waals surface area contributed by atoms with E-state index in [2.05, 4.69) is 74.3 Å². The van der Waals surface area contributed by atoms with Crippen molar-refractivity contribution in [2.45, 2.75) is 129 Å². The van der Waals surface area contributed by atoms with Gasteiger partial charge in [-0.1, -0.05) is 69.4 Å². The maximum Gasteiger partial charge on any atom is 0.330 e. The highest BCUT2D eigenvalue weighted by Crippen LogP contribution is 2.42. The number of rotatable bonds is 1. The monoisotopic (exact) mass is 693 g/mol. The number of carbonyl (C=O) groups is 1. The van der Waals surface area contributed by atoms with Gasteiger partial charge in [0.25, 0.3) is 0 Å². The van der Waals surface area contributed by atoms with Crippen LogP contribution in [0.4, 0.5) is 0 Å². The number of hydrogen-bond donors (Lipinski definition) is 0. The highest BCUT2D eigenvalue weighted by Gasteiger charge is 2.44. The highest BCUT2D eigenvalue weighted by molar-refractivity contribution is 14.1. The molecule has 0 amide bonds. The highest BCUT2D eigenvalue weighted by atomic mass is 127. The van der Waals surface area contributed by atoms with Crippen molar-refractivity contribution in [2.24, 2.45) is 23.2 Å². The summed E-state index contributed by atoms with van der Waals surface area (Å²) in [7, 11) is 0. The number of aromatic nitrogens is 1. The molecule has 4 aliphatic heterocycles. The average Bonchev–Trinajstić information content (AvgIpc) is 3.39. The third-order valence-corrected chi connectivity index (χ3v) is 10.5. The van der Waals surface area contributed by atoms with Crippen LogP contribution in [-0.2, 0) is 23.7 Å². The van der Waals surface area contributed by atoms with E-state index in [1.807, 2.05) is 12.2 Å². The van der Waals surface area contributed by atoms with E-state index in [4.69, 9.17) is 28.3 Å². The van der Waals surface area contributed by atoms with E-state index in [0.717, 1.165) is 43.4 Å². The number of halogens is 1. The van der Waals surface area contributed by atoms with E-state index in [1.54, 1.807) is 12.3 Å². The summed E-state index contributed by atoms with van der Waals surface area (Å²) < 4.78 is 33.9. The second-order valence-corrected chi connectivity index (χ2v) is 14.6. The summed E-state index contributed by atoms with van der Waals surface area (Å²) >= 11 is 2.26. The summed E-state index contributed by atoms with van der Waals surface area (Å²) in [4.78, 5) is 17.9. The van der Waals surface area contributed by atoms with Gasteiger partial charge in [0, 0.05) is 17.9 Å². The molecule has 8 bridgehead atoms. The molecule has 0 aliphatic carbocycles. The zero-order valence-corrected chi connectivity index (χ0v) is 28.1. The van der Waals surface area contributed by atoms with Gasteiger partial charge in [-0.2, -0.15) is 0 Å². The predicted octanol–water partition coefficient (Wildman–Crippen LogP) is 8.15.